The number of rotatable bonds is 2. The van der Waals surface area contributed by atoms with Gasteiger partial charge in [-0.2, -0.15) is 0 Å². The molecule has 0 radical (unpaired) electrons. The highest BCUT2D eigenvalue weighted by Gasteiger charge is 2.26. The Morgan fingerprint density at radius 1 is 1.42 bits per heavy atom. The second-order valence-corrected chi connectivity index (χ2v) is 5.10. The average molecular weight is 290 g/mol. The van der Waals surface area contributed by atoms with Crippen LogP contribution in [-0.2, 0) is 0 Å². The highest BCUT2D eigenvalue weighted by Crippen LogP contribution is 2.23. The molecule has 1 aromatic carbocycles. The minimum Gasteiger partial charge on any atom is -0.396 e. The van der Waals surface area contributed by atoms with E-state index in [0.717, 1.165) is 25.0 Å². The summed E-state index contributed by atoms with van der Waals surface area (Å²) in [4.78, 5) is 13.6. The van der Waals surface area contributed by atoms with Crippen LogP contribution in [0.2, 0.25) is 5.02 Å². The van der Waals surface area contributed by atoms with Gasteiger partial charge in [0.25, 0.3) is 5.91 Å². The lowest BCUT2D eigenvalue weighted by atomic mass is 9.98. The van der Waals surface area contributed by atoms with Gasteiger partial charge in [-0.25, -0.2) is 8.78 Å². The quantitative estimate of drug-likeness (QED) is 0.850. The molecule has 0 saturated carbocycles. The summed E-state index contributed by atoms with van der Waals surface area (Å²) in [7, 11) is 0. The maximum Gasteiger partial charge on any atom is 0.256 e. The first-order chi connectivity index (χ1) is 9.02. The van der Waals surface area contributed by atoms with E-state index in [1.54, 1.807) is 0 Å². The molecule has 1 aliphatic rings. The third kappa shape index (κ3) is 3.04. The molecule has 19 heavy (non-hydrogen) atoms. The number of piperidine rings is 1. The van der Waals surface area contributed by atoms with Crippen molar-refractivity contribution in [1.82, 2.24) is 4.90 Å². The van der Waals surface area contributed by atoms with Crippen molar-refractivity contribution in [2.45, 2.75) is 12.8 Å². The second kappa shape index (κ2) is 5.84. The molecule has 0 aromatic heterocycles. The minimum atomic E-state index is -0.831. The lowest BCUT2D eigenvalue weighted by Gasteiger charge is -2.32. The molecule has 0 spiro atoms. The van der Waals surface area contributed by atoms with Gasteiger partial charge >= 0.3 is 0 Å². The predicted molar refractivity (Wildman–Crippen MR) is 67.1 cm³/mol. The number of amides is 1. The number of likely N-dealkylation sites (tertiary alicyclic amines) is 1. The zero-order chi connectivity index (χ0) is 14.0. The maximum atomic E-state index is 13.7. The van der Waals surface area contributed by atoms with Crippen LogP contribution in [0, 0.1) is 17.6 Å². The van der Waals surface area contributed by atoms with Crippen LogP contribution in [0.3, 0.4) is 0 Å². The van der Waals surface area contributed by atoms with E-state index in [-0.39, 0.29) is 23.1 Å². The van der Waals surface area contributed by atoms with Crippen molar-refractivity contribution < 1.29 is 18.7 Å². The summed E-state index contributed by atoms with van der Waals surface area (Å²) in [5.41, 5.74) is -0.319. The fourth-order valence-electron chi connectivity index (χ4n) is 2.26. The average Bonchev–Trinajstić information content (AvgIpc) is 2.42. The third-order valence-corrected chi connectivity index (χ3v) is 3.59. The van der Waals surface area contributed by atoms with Gasteiger partial charge in [0.15, 0.2) is 0 Å². The first-order valence-electron chi connectivity index (χ1n) is 6.07. The van der Waals surface area contributed by atoms with E-state index in [0.29, 0.717) is 13.1 Å². The van der Waals surface area contributed by atoms with Gasteiger partial charge in [-0.3, -0.25) is 4.79 Å². The Morgan fingerprint density at radius 3 is 2.84 bits per heavy atom. The van der Waals surface area contributed by atoms with Crippen molar-refractivity contribution in [3.63, 3.8) is 0 Å². The lowest BCUT2D eigenvalue weighted by Crippen LogP contribution is -2.41. The van der Waals surface area contributed by atoms with Gasteiger partial charge in [-0.05, 0) is 30.9 Å². The van der Waals surface area contributed by atoms with E-state index < -0.39 is 17.5 Å². The van der Waals surface area contributed by atoms with Crippen molar-refractivity contribution in [3.05, 3.63) is 34.4 Å². The number of carbonyl (C=O) groups excluding carboxylic acids is 1. The molecule has 104 valence electrons. The monoisotopic (exact) mass is 289 g/mol. The van der Waals surface area contributed by atoms with Crippen LogP contribution >= 0.6 is 11.6 Å². The van der Waals surface area contributed by atoms with Crippen LogP contribution in [0.4, 0.5) is 8.78 Å². The molecule has 3 nitrogen and oxygen atoms in total. The topological polar surface area (TPSA) is 40.5 Å². The van der Waals surface area contributed by atoms with Crippen LogP contribution in [0.25, 0.3) is 0 Å². The van der Waals surface area contributed by atoms with Gasteiger partial charge < -0.3 is 10.0 Å². The van der Waals surface area contributed by atoms with Gasteiger partial charge in [-0.1, -0.05) is 11.6 Å². The van der Waals surface area contributed by atoms with Crippen LogP contribution in [0.5, 0.6) is 0 Å². The van der Waals surface area contributed by atoms with Crippen molar-refractivity contribution in [1.29, 1.82) is 0 Å². The molecule has 1 amide bonds. The van der Waals surface area contributed by atoms with Crippen molar-refractivity contribution in [2.24, 2.45) is 5.92 Å². The summed E-state index contributed by atoms with van der Waals surface area (Å²) in [5.74, 6) is -2.21. The summed E-state index contributed by atoms with van der Waals surface area (Å²) < 4.78 is 27.0. The van der Waals surface area contributed by atoms with E-state index in [9.17, 15) is 13.6 Å². The molecule has 1 aliphatic heterocycles. The van der Waals surface area contributed by atoms with Gasteiger partial charge in [0.2, 0.25) is 0 Å². The number of benzene rings is 1. The van der Waals surface area contributed by atoms with E-state index >= 15 is 0 Å². The Labute approximate surface area is 114 Å². The van der Waals surface area contributed by atoms with E-state index in [1.807, 2.05) is 0 Å². The Hall–Kier alpha value is -1.20. The van der Waals surface area contributed by atoms with E-state index in [4.69, 9.17) is 16.7 Å². The highest BCUT2D eigenvalue weighted by molar-refractivity contribution is 6.30. The largest absolute Gasteiger partial charge is 0.396 e. The Bertz CT molecular complexity index is 496. The number of halogens is 3. The summed E-state index contributed by atoms with van der Waals surface area (Å²) in [6.45, 7) is 0.833. The van der Waals surface area contributed by atoms with E-state index in [1.165, 1.54) is 4.90 Å². The summed E-state index contributed by atoms with van der Waals surface area (Å²) >= 11 is 5.45. The summed E-state index contributed by atoms with van der Waals surface area (Å²) in [6.07, 6.45) is 1.58. The second-order valence-electron chi connectivity index (χ2n) is 4.69. The molecule has 1 fully saturated rings. The molecule has 1 saturated heterocycles. The molecule has 0 bridgehead atoms. The Balaban J connectivity index is 2.22. The fraction of sp³-hybridized carbons (Fsp3) is 0.462. The highest BCUT2D eigenvalue weighted by atomic mass is 35.5. The van der Waals surface area contributed by atoms with Gasteiger partial charge in [0.05, 0.1) is 10.6 Å². The first kappa shape index (κ1) is 14.2. The molecular weight excluding hydrogens is 276 g/mol. The molecule has 1 unspecified atom stereocenters. The smallest absolute Gasteiger partial charge is 0.256 e. The van der Waals surface area contributed by atoms with Crippen LogP contribution < -0.4 is 0 Å². The van der Waals surface area contributed by atoms with Crippen LogP contribution in [0.1, 0.15) is 23.2 Å². The van der Waals surface area contributed by atoms with Gasteiger partial charge in [0, 0.05) is 19.7 Å². The van der Waals surface area contributed by atoms with Gasteiger partial charge in [0.1, 0.15) is 11.6 Å². The Morgan fingerprint density at radius 2 is 2.16 bits per heavy atom. The molecule has 6 heteroatoms. The van der Waals surface area contributed by atoms with Crippen LogP contribution in [0.15, 0.2) is 12.1 Å². The molecule has 1 aromatic rings. The molecule has 2 rings (SSSR count). The number of nitrogens with zero attached hydrogens (tertiary/aromatic N) is 1. The molecule has 1 N–H and O–H groups in total. The molecule has 1 atom stereocenters. The molecular formula is C13H14ClF2NO2. The number of carbonyl (C=O) groups is 1. The maximum absolute atomic E-state index is 13.7. The molecule has 0 aliphatic carbocycles. The normalized spacial score (nSPS) is 19.6. The zero-order valence-electron chi connectivity index (χ0n) is 10.2. The van der Waals surface area contributed by atoms with Crippen molar-refractivity contribution >= 4 is 17.5 Å². The third-order valence-electron chi connectivity index (χ3n) is 3.30. The number of aliphatic hydroxyl groups excluding tert-OH is 1. The number of aliphatic hydroxyl groups is 1. The molecule has 1 heterocycles. The van der Waals surface area contributed by atoms with Crippen LogP contribution in [-0.4, -0.2) is 35.6 Å². The Kier molecular flexibility index (Phi) is 4.37. The minimum absolute atomic E-state index is 0.00194. The standard InChI is InChI=1S/C13H14ClF2NO2/c14-10-5-11(15)9(4-12(10)16)13(19)17-3-1-2-8(6-17)7-18/h4-5,8,18H,1-3,6-7H2. The van der Waals surface area contributed by atoms with Crippen molar-refractivity contribution in [2.75, 3.05) is 19.7 Å². The lowest BCUT2D eigenvalue weighted by molar-refractivity contribution is 0.0615. The zero-order valence-corrected chi connectivity index (χ0v) is 11.0. The number of hydrogen-bond donors (Lipinski definition) is 1. The predicted octanol–water partition coefficient (Wildman–Crippen LogP) is 2.46. The van der Waals surface area contributed by atoms with E-state index in [2.05, 4.69) is 0 Å². The number of hydrogen-bond acceptors (Lipinski definition) is 2. The first-order valence-corrected chi connectivity index (χ1v) is 6.45. The summed E-state index contributed by atoms with van der Waals surface area (Å²) in [5, 5.41) is 8.76. The van der Waals surface area contributed by atoms with Crippen molar-refractivity contribution in [3.8, 4) is 0 Å². The SMILES string of the molecule is O=C(c1cc(F)c(Cl)cc1F)N1CCCC(CO)C1. The summed E-state index contributed by atoms with van der Waals surface area (Å²) in [6, 6.07) is 1.63. The van der Waals surface area contributed by atoms with Gasteiger partial charge in [-0.15, -0.1) is 0 Å². The fourth-order valence-corrected chi connectivity index (χ4v) is 2.41.